The van der Waals surface area contributed by atoms with E-state index in [0.29, 0.717) is 12.1 Å². The highest BCUT2D eigenvalue weighted by Crippen LogP contribution is 2.25. The first kappa shape index (κ1) is 14.2. The summed E-state index contributed by atoms with van der Waals surface area (Å²) in [5.41, 5.74) is 1.63. The minimum absolute atomic E-state index is 0.0961. The summed E-state index contributed by atoms with van der Waals surface area (Å²) in [6.07, 6.45) is 3.24. The summed E-state index contributed by atoms with van der Waals surface area (Å²) in [5.74, 6) is 1.29. The first-order chi connectivity index (χ1) is 10.8. The molecule has 0 radical (unpaired) electrons. The van der Waals surface area contributed by atoms with E-state index >= 15 is 0 Å². The van der Waals surface area contributed by atoms with Crippen molar-refractivity contribution in [2.24, 2.45) is 0 Å². The van der Waals surface area contributed by atoms with E-state index in [1.807, 2.05) is 55.5 Å². The molecule has 0 aliphatic carbocycles. The van der Waals surface area contributed by atoms with Crippen LogP contribution in [0.5, 0.6) is 0 Å². The van der Waals surface area contributed by atoms with Crippen LogP contribution in [-0.2, 0) is 0 Å². The molecule has 0 unspecified atom stereocenters. The lowest BCUT2D eigenvalue weighted by molar-refractivity contribution is 0.0950. The molecule has 2 heterocycles. The van der Waals surface area contributed by atoms with Crippen LogP contribution in [0.4, 0.5) is 0 Å². The Morgan fingerprint density at radius 3 is 2.18 bits per heavy atom. The molecule has 112 valence electrons. The number of nitrogens with one attached hydrogen (secondary N) is 1. The van der Waals surface area contributed by atoms with Gasteiger partial charge >= 0.3 is 0 Å². The zero-order chi connectivity index (χ0) is 15.4. The fourth-order valence-corrected chi connectivity index (χ4v) is 2.44. The summed E-state index contributed by atoms with van der Waals surface area (Å²) < 4.78 is 10.9. The SMILES string of the molecule is Cc1ccccc1C(=O)NCC(c1ccco1)c1ccco1. The van der Waals surface area contributed by atoms with Gasteiger partial charge in [0, 0.05) is 12.1 Å². The van der Waals surface area contributed by atoms with Gasteiger partial charge in [-0.15, -0.1) is 0 Å². The van der Waals surface area contributed by atoms with Gasteiger partial charge in [-0.25, -0.2) is 0 Å². The quantitative estimate of drug-likeness (QED) is 0.780. The van der Waals surface area contributed by atoms with E-state index in [4.69, 9.17) is 8.83 Å². The fourth-order valence-electron chi connectivity index (χ4n) is 2.44. The number of benzene rings is 1. The number of hydrogen-bond donors (Lipinski definition) is 1. The molecule has 2 aromatic heterocycles. The molecule has 4 heteroatoms. The van der Waals surface area contributed by atoms with E-state index in [1.165, 1.54) is 0 Å². The normalized spacial score (nSPS) is 10.8. The molecular formula is C18H17NO3. The maximum Gasteiger partial charge on any atom is 0.251 e. The van der Waals surface area contributed by atoms with Crippen LogP contribution in [0.15, 0.2) is 69.9 Å². The summed E-state index contributed by atoms with van der Waals surface area (Å²) in [5, 5.41) is 2.96. The molecule has 0 aliphatic heterocycles. The Hall–Kier alpha value is -2.75. The van der Waals surface area contributed by atoms with Gasteiger partial charge in [0.05, 0.1) is 18.4 Å². The second-order valence-electron chi connectivity index (χ2n) is 5.11. The molecule has 0 atom stereocenters. The van der Waals surface area contributed by atoms with Gasteiger partial charge in [-0.2, -0.15) is 0 Å². The van der Waals surface area contributed by atoms with Gasteiger partial charge in [-0.3, -0.25) is 4.79 Å². The molecule has 3 aromatic rings. The average molecular weight is 295 g/mol. The van der Waals surface area contributed by atoms with Crippen molar-refractivity contribution in [2.75, 3.05) is 6.54 Å². The highest BCUT2D eigenvalue weighted by Gasteiger charge is 2.21. The third kappa shape index (κ3) is 2.96. The summed E-state index contributed by atoms with van der Waals surface area (Å²) in [6.45, 7) is 2.33. The molecular weight excluding hydrogens is 278 g/mol. The molecule has 1 aromatic carbocycles. The zero-order valence-corrected chi connectivity index (χ0v) is 12.3. The highest BCUT2D eigenvalue weighted by molar-refractivity contribution is 5.95. The Bertz CT molecular complexity index is 695. The first-order valence-electron chi connectivity index (χ1n) is 7.16. The van der Waals surface area contributed by atoms with Crippen LogP contribution in [-0.4, -0.2) is 12.5 Å². The predicted octanol–water partition coefficient (Wildman–Crippen LogP) is 3.74. The van der Waals surface area contributed by atoms with Gasteiger partial charge in [-0.05, 0) is 42.8 Å². The van der Waals surface area contributed by atoms with Crippen molar-refractivity contribution in [1.82, 2.24) is 5.32 Å². The van der Waals surface area contributed by atoms with Crippen molar-refractivity contribution in [3.8, 4) is 0 Å². The van der Waals surface area contributed by atoms with E-state index in [0.717, 1.165) is 17.1 Å². The van der Waals surface area contributed by atoms with Crippen molar-refractivity contribution < 1.29 is 13.6 Å². The second kappa shape index (κ2) is 6.35. The van der Waals surface area contributed by atoms with E-state index in [2.05, 4.69) is 5.32 Å². The molecule has 0 aliphatic rings. The molecule has 0 bridgehead atoms. The van der Waals surface area contributed by atoms with Crippen LogP contribution in [0.25, 0.3) is 0 Å². The van der Waals surface area contributed by atoms with E-state index in [9.17, 15) is 4.79 Å². The topological polar surface area (TPSA) is 55.4 Å². The van der Waals surface area contributed by atoms with E-state index in [1.54, 1.807) is 12.5 Å². The molecule has 0 saturated carbocycles. The summed E-state index contributed by atoms with van der Waals surface area (Å²) in [7, 11) is 0. The lowest BCUT2D eigenvalue weighted by Gasteiger charge is -2.14. The van der Waals surface area contributed by atoms with Crippen molar-refractivity contribution in [3.63, 3.8) is 0 Å². The lowest BCUT2D eigenvalue weighted by atomic mass is 10.0. The van der Waals surface area contributed by atoms with Gasteiger partial charge in [0.25, 0.3) is 5.91 Å². The summed E-state index contributed by atoms with van der Waals surface area (Å²) in [6, 6.07) is 14.9. The fraction of sp³-hybridized carbons (Fsp3) is 0.167. The third-order valence-electron chi connectivity index (χ3n) is 3.63. The minimum atomic E-state index is -0.141. The zero-order valence-electron chi connectivity index (χ0n) is 12.3. The number of hydrogen-bond acceptors (Lipinski definition) is 3. The highest BCUT2D eigenvalue weighted by atomic mass is 16.3. The smallest absolute Gasteiger partial charge is 0.251 e. The van der Waals surface area contributed by atoms with Crippen LogP contribution in [0.2, 0.25) is 0 Å². The standard InChI is InChI=1S/C18H17NO3/c1-13-6-2-3-7-14(13)18(20)19-12-15(16-8-4-10-21-16)17-9-5-11-22-17/h2-11,15H,12H2,1H3,(H,19,20). The third-order valence-corrected chi connectivity index (χ3v) is 3.63. The van der Waals surface area contributed by atoms with Crippen LogP contribution in [0.3, 0.4) is 0 Å². The number of rotatable bonds is 5. The van der Waals surface area contributed by atoms with Gasteiger partial charge in [-0.1, -0.05) is 18.2 Å². The van der Waals surface area contributed by atoms with Crippen LogP contribution in [0.1, 0.15) is 33.4 Å². The Labute approximate surface area is 128 Å². The van der Waals surface area contributed by atoms with Crippen molar-refractivity contribution in [3.05, 3.63) is 83.7 Å². The lowest BCUT2D eigenvalue weighted by Crippen LogP contribution is -2.29. The molecule has 4 nitrogen and oxygen atoms in total. The Morgan fingerprint density at radius 2 is 1.64 bits per heavy atom. The number of carbonyl (C=O) groups excluding carboxylic acids is 1. The molecule has 1 amide bonds. The van der Waals surface area contributed by atoms with E-state index in [-0.39, 0.29) is 11.8 Å². The maximum absolute atomic E-state index is 12.3. The Balaban J connectivity index is 1.75. The molecule has 0 fully saturated rings. The number of amides is 1. The van der Waals surface area contributed by atoms with Crippen LogP contribution < -0.4 is 5.32 Å². The maximum atomic E-state index is 12.3. The average Bonchev–Trinajstić information content (AvgIpc) is 3.21. The summed E-state index contributed by atoms with van der Waals surface area (Å²) >= 11 is 0. The van der Waals surface area contributed by atoms with E-state index < -0.39 is 0 Å². The minimum Gasteiger partial charge on any atom is -0.469 e. The predicted molar refractivity (Wildman–Crippen MR) is 82.8 cm³/mol. The van der Waals surface area contributed by atoms with Crippen molar-refractivity contribution in [1.29, 1.82) is 0 Å². The largest absolute Gasteiger partial charge is 0.469 e. The second-order valence-corrected chi connectivity index (χ2v) is 5.11. The van der Waals surface area contributed by atoms with Gasteiger partial charge < -0.3 is 14.2 Å². The van der Waals surface area contributed by atoms with Crippen LogP contribution >= 0.6 is 0 Å². The van der Waals surface area contributed by atoms with Crippen molar-refractivity contribution >= 4 is 5.91 Å². The molecule has 3 rings (SSSR count). The molecule has 22 heavy (non-hydrogen) atoms. The first-order valence-corrected chi connectivity index (χ1v) is 7.16. The van der Waals surface area contributed by atoms with Crippen molar-refractivity contribution in [2.45, 2.75) is 12.8 Å². The van der Waals surface area contributed by atoms with Gasteiger partial charge in [0.1, 0.15) is 11.5 Å². The number of aryl methyl sites for hydroxylation is 1. The van der Waals surface area contributed by atoms with Gasteiger partial charge in [0.15, 0.2) is 0 Å². The van der Waals surface area contributed by atoms with Crippen LogP contribution in [0, 0.1) is 6.92 Å². The Morgan fingerprint density at radius 1 is 1.00 bits per heavy atom. The van der Waals surface area contributed by atoms with Gasteiger partial charge in [0.2, 0.25) is 0 Å². The molecule has 0 spiro atoms. The molecule has 1 N–H and O–H groups in total. The monoisotopic (exact) mass is 295 g/mol. The number of furan rings is 2. The Kier molecular flexibility index (Phi) is 4.10. The summed E-state index contributed by atoms with van der Waals surface area (Å²) in [4.78, 5) is 12.3. The molecule has 0 saturated heterocycles. The number of carbonyl (C=O) groups is 1.